The number of hydrogen-bond acceptors (Lipinski definition) is 7. The van der Waals surface area contributed by atoms with E-state index in [4.69, 9.17) is 9.47 Å². The van der Waals surface area contributed by atoms with Gasteiger partial charge < -0.3 is 14.8 Å². The zero-order valence-corrected chi connectivity index (χ0v) is 15.8. The first kappa shape index (κ1) is 17.0. The van der Waals surface area contributed by atoms with Crippen LogP contribution in [0.2, 0.25) is 0 Å². The van der Waals surface area contributed by atoms with Gasteiger partial charge >= 0.3 is 0 Å². The normalized spacial score (nSPS) is 17.3. The number of hydrogen-bond donors (Lipinski definition) is 1. The highest BCUT2D eigenvalue weighted by Gasteiger charge is 2.15. The molecule has 0 aliphatic carbocycles. The van der Waals surface area contributed by atoms with Crippen molar-refractivity contribution in [1.82, 2.24) is 10.2 Å². The monoisotopic (exact) mass is 415 g/mol. The van der Waals surface area contributed by atoms with Gasteiger partial charge in [-0.1, -0.05) is 45.1 Å². The second kappa shape index (κ2) is 8.86. The number of nitrogens with one attached hydrogen (secondary N) is 1. The van der Waals surface area contributed by atoms with Crippen LogP contribution in [0.5, 0.6) is 5.75 Å². The van der Waals surface area contributed by atoms with Crippen molar-refractivity contribution in [3.05, 3.63) is 28.7 Å². The van der Waals surface area contributed by atoms with Gasteiger partial charge in [0.25, 0.3) is 0 Å². The van der Waals surface area contributed by atoms with E-state index < -0.39 is 0 Å². The van der Waals surface area contributed by atoms with Crippen molar-refractivity contribution in [1.29, 1.82) is 0 Å². The minimum absolute atomic E-state index is 0.314. The number of benzene rings is 1. The lowest BCUT2D eigenvalue weighted by Crippen LogP contribution is -2.18. The largest absolute Gasteiger partial charge is 0.493 e. The molecule has 0 radical (unpaired) electrons. The Labute approximate surface area is 152 Å². The molecular formula is C15H18BrN3O2S2. The van der Waals surface area contributed by atoms with Gasteiger partial charge in [0, 0.05) is 23.4 Å². The lowest BCUT2D eigenvalue weighted by Gasteiger charge is -2.08. The van der Waals surface area contributed by atoms with E-state index in [1.54, 1.807) is 23.1 Å². The highest BCUT2D eigenvalue weighted by atomic mass is 79.9. The molecule has 2 aromatic rings. The maximum absolute atomic E-state index is 5.70. The molecule has 23 heavy (non-hydrogen) atoms. The predicted molar refractivity (Wildman–Crippen MR) is 97.7 cm³/mol. The average molecular weight is 416 g/mol. The molecule has 2 heterocycles. The summed E-state index contributed by atoms with van der Waals surface area (Å²) in [7, 11) is 0. The Balaban J connectivity index is 1.35. The van der Waals surface area contributed by atoms with Crippen LogP contribution in [0.4, 0.5) is 5.13 Å². The van der Waals surface area contributed by atoms with Crippen molar-refractivity contribution >= 4 is 44.2 Å². The van der Waals surface area contributed by atoms with Crippen molar-refractivity contribution in [3.63, 3.8) is 0 Å². The summed E-state index contributed by atoms with van der Waals surface area (Å²) >= 11 is 6.67. The Morgan fingerprint density at radius 3 is 3.22 bits per heavy atom. The van der Waals surface area contributed by atoms with Gasteiger partial charge in [-0.3, -0.25) is 0 Å². The SMILES string of the molecule is Brc1cccc(OCCSc2nnc(NC[C@H]3CCCO3)s2)c1. The quantitative estimate of drug-likeness (QED) is 0.517. The van der Waals surface area contributed by atoms with Crippen LogP contribution in [0.1, 0.15) is 12.8 Å². The first-order valence-electron chi connectivity index (χ1n) is 7.50. The third-order valence-electron chi connectivity index (χ3n) is 3.29. The van der Waals surface area contributed by atoms with Gasteiger partial charge in [-0.05, 0) is 31.0 Å². The number of nitrogens with zero attached hydrogens (tertiary/aromatic N) is 2. The maximum Gasteiger partial charge on any atom is 0.206 e. The molecule has 0 amide bonds. The summed E-state index contributed by atoms with van der Waals surface area (Å²) in [6.45, 7) is 2.33. The molecule has 1 aromatic heterocycles. The van der Waals surface area contributed by atoms with E-state index >= 15 is 0 Å². The van der Waals surface area contributed by atoms with E-state index in [9.17, 15) is 0 Å². The summed E-state index contributed by atoms with van der Waals surface area (Å²) in [4.78, 5) is 0. The molecule has 8 heteroatoms. The third-order valence-corrected chi connectivity index (χ3v) is 5.76. The Kier molecular flexibility index (Phi) is 6.56. The molecule has 1 N–H and O–H groups in total. The third kappa shape index (κ3) is 5.63. The molecule has 1 aliphatic rings. The van der Waals surface area contributed by atoms with Crippen molar-refractivity contribution in [3.8, 4) is 5.75 Å². The second-order valence-corrected chi connectivity index (χ2v) is 8.28. The number of thioether (sulfide) groups is 1. The summed E-state index contributed by atoms with van der Waals surface area (Å²) in [6.07, 6.45) is 2.59. The van der Waals surface area contributed by atoms with Crippen molar-refractivity contribution < 1.29 is 9.47 Å². The molecule has 1 aliphatic heterocycles. The van der Waals surface area contributed by atoms with Gasteiger partial charge in [0.05, 0.1) is 12.7 Å². The molecule has 1 saturated heterocycles. The van der Waals surface area contributed by atoms with Crippen LogP contribution in [-0.2, 0) is 4.74 Å². The van der Waals surface area contributed by atoms with E-state index in [2.05, 4.69) is 31.4 Å². The van der Waals surface area contributed by atoms with E-state index in [1.807, 2.05) is 24.3 Å². The summed E-state index contributed by atoms with van der Waals surface area (Å²) < 4.78 is 13.3. The van der Waals surface area contributed by atoms with Crippen molar-refractivity contribution in [2.45, 2.75) is 23.3 Å². The van der Waals surface area contributed by atoms with Crippen LogP contribution in [0.15, 0.2) is 33.1 Å². The fourth-order valence-electron chi connectivity index (χ4n) is 2.19. The summed E-state index contributed by atoms with van der Waals surface area (Å²) in [5.41, 5.74) is 0. The molecule has 0 bridgehead atoms. The number of anilines is 1. The van der Waals surface area contributed by atoms with E-state index in [0.29, 0.717) is 12.7 Å². The van der Waals surface area contributed by atoms with Gasteiger partial charge in [0.1, 0.15) is 5.75 Å². The van der Waals surface area contributed by atoms with Crippen molar-refractivity contribution in [2.75, 3.05) is 30.8 Å². The van der Waals surface area contributed by atoms with Crippen LogP contribution in [0.25, 0.3) is 0 Å². The van der Waals surface area contributed by atoms with Crippen LogP contribution in [-0.4, -0.2) is 41.8 Å². The number of ether oxygens (including phenoxy) is 2. The van der Waals surface area contributed by atoms with E-state index in [1.165, 1.54) is 0 Å². The predicted octanol–water partition coefficient (Wildman–Crippen LogP) is 4.06. The Morgan fingerprint density at radius 1 is 1.43 bits per heavy atom. The van der Waals surface area contributed by atoms with Gasteiger partial charge in [-0.15, -0.1) is 10.2 Å². The summed E-state index contributed by atoms with van der Waals surface area (Å²) in [5.74, 6) is 1.71. The zero-order valence-electron chi connectivity index (χ0n) is 12.5. The zero-order chi connectivity index (χ0) is 15.9. The van der Waals surface area contributed by atoms with Crippen LogP contribution in [0, 0.1) is 0 Å². The first-order valence-corrected chi connectivity index (χ1v) is 10.1. The summed E-state index contributed by atoms with van der Waals surface area (Å²) in [6, 6.07) is 7.85. The Bertz CT molecular complexity index is 620. The first-order chi connectivity index (χ1) is 11.3. The molecule has 0 unspecified atom stereocenters. The minimum atomic E-state index is 0.314. The second-order valence-electron chi connectivity index (χ2n) is 5.04. The van der Waals surface area contributed by atoms with E-state index in [-0.39, 0.29) is 0 Å². The molecule has 1 atom stereocenters. The molecule has 124 valence electrons. The topological polar surface area (TPSA) is 56.3 Å². The van der Waals surface area contributed by atoms with Gasteiger partial charge in [-0.2, -0.15) is 0 Å². The Hall–Kier alpha value is -0.830. The fourth-order valence-corrected chi connectivity index (χ4v) is 4.22. The maximum atomic E-state index is 5.70. The molecule has 0 saturated carbocycles. The molecule has 1 aromatic carbocycles. The fraction of sp³-hybridized carbons (Fsp3) is 0.467. The number of halogens is 1. The average Bonchev–Trinajstić information content (AvgIpc) is 3.21. The van der Waals surface area contributed by atoms with Crippen LogP contribution >= 0.6 is 39.0 Å². The smallest absolute Gasteiger partial charge is 0.206 e. The summed E-state index contributed by atoms with van der Waals surface area (Å²) in [5, 5.41) is 12.5. The molecule has 5 nitrogen and oxygen atoms in total. The standard InChI is InChI=1S/C15H18BrN3O2S2/c16-11-3-1-4-12(9-11)21-7-8-22-15-19-18-14(23-15)17-10-13-5-2-6-20-13/h1,3-4,9,13H,2,5-8,10H2,(H,17,18)/t13-/m1/s1. The highest BCUT2D eigenvalue weighted by molar-refractivity contribution is 9.10. The number of rotatable bonds is 8. The molecular weight excluding hydrogens is 398 g/mol. The van der Waals surface area contributed by atoms with Crippen molar-refractivity contribution in [2.24, 2.45) is 0 Å². The lowest BCUT2D eigenvalue weighted by molar-refractivity contribution is 0.120. The Morgan fingerprint density at radius 2 is 2.39 bits per heavy atom. The van der Waals surface area contributed by atoms with E-state index in [0.717, 1.165) is 51.4 Å². The van der Waals surface area contributed by atoms with Gasteiger partial charge in [0.15, 0.2) is 4.34 Å². The number of aromatic nitrogens is 2. The van der Waals surface area contributed by atoms with Crippen LogP contribution in [0.3, 0.4) is 0 Å². The van der Waals surface area contributed by atoms with Gasteiger partial charge in [0.2, 0.25) is 5.13 Å². The van der Waals surface area contributed by atoms with Crippen LogP contribution < -0.4 is 10.1 Å². The molecule has 0 spiro atoms. The lowest BCUT2D eigenvalue weighted by atomic mass is 10.2. The molecule has 3 rings (SSSR count). The highest BCUT2D eigenvalue weighted by Crippen LogP contribution is 2.26. The molecule has 1 fully saturated rings. The van der Waals surface area contributed by atoms with Gasteiger partial charge in [-0.25, -0.2) is 0 Å². The minimum Gasteiger partial charge on any atom is -0.493 e.